The van der Waals surface area contributed by atoms with Gasteiger partial charge in [-0.15, -0.1) is 0 Å². The first-order chi connectivity index (χ1) is 6.25. The summed E-state index contributed by atoms with van der Waals surface area (Å²) in [4.78, 5) is 0. The minimum absolute atomic E-state index is 0.933. The Bertz CT molecular complexity index is 305. The topological polar surface area (TPSA) is 12.0 Å². The number of hydrogen-bond acceptors (Lipinski definition) is 1. The largest absolute Gasteiger partial charge is 0.385 e. The number of anilines is 1. The molecule has 1 aliphatic carbocycles. The number of aryl methyl sites for hydroxylation is 1. The minimum atomic E-state index is 0.933. The smallest absolute Gasteiger partial charge is 0.0370 e. The second-order valence-corrected chi connectivity index (χ2v) is 4.70. The molecule has 0 aromatic heterocycles. The van der Waals surface area contributed by atoms with Gasteiger partial charge < -0.3 is 5.32 Å². The van der Waals surface area contributed by atoms with Gasteiger partial charge in [0.05, 0.1) is 0 Å². The molecular weight excluding hydrogens is 226 g/mol. The Balaban J connectivity index is 2.01. The summed E-state index contributed by atoms with van der Waals surface area (Å²) >= 11 is 3.46. The number of nitrogens with one attached hydrogen (secondary N) is 1. The van der Waals surface area contributed by atoms with Crippen LogP contribution in [0.3, 0.4) is 0 Å². The Morgan fingerprint density at radius 3 is 2.85 bits per heavy atom. The van der Waals surface area contributed by atoms with Crippen molar-refractivity contribution in [1.82, 2.24) is 0 Å². The highest BCUT2D eigenvalue weighted by atomic mass is 79.9. The first-order valence-corrected chi connectivity index (χ1v) is 5.55. The SMILES string of the molecule is Cc1cc(Br)ccc1NCC1CC1. The van der Waals surface area contributed by atoms with Gasteiger partial charge in [0.15, 0.2) is 0 Å². The highest BCUT2D eigenvalue weighted by Gasteiger charge is 2.20. The molecule has 1 N–H and O–H groups in total. The van der Waals surface area contributed by atoms with Crippen molar-refractivity contribution in [2.45, 2.75) is 19.8 Å². The Kier molecular flexibility index (Phi) is 2.58. The molecule has 1 fully saturated rings. The van der Waals surface area contributed by atoms with Crippen LogP contribution in [0.2, 0.25) is 0 Å². The molecule has 1 aromatic carbocycles. The van der Waals surface area contributed by atoms with E-state index in [0.717, 1.165) is 16.9 Å². The summed E-state index contributed by atoms with van der Waals surface area (Å²) < 4.78 is 1.15. The lowest BCUT2D eigenvalue weighted by Crippen LogP contribution is -2.04. The van der Waals surface area contributed by atoms with E-state index in [1.54, 1.807) is 0 Å². The number of halogens is 1. The van der Waals surface area contributed by atoms with E-state index < -0.39 is 0 Å². The first kappa shape index (κ1) is 9.07. The van der Waals surface area contributed by atoms with E-state index in [4.69, 9.17) is 0 Å². The molecule has 1 nitrogen and oxygen atoms in total. The van der Waals surface area contributed by atoms with Gasteiger partial charge in [-0.1, -0.05) is 15.9 Å². The quantitative estimate of drug-likeness (QED) is 0.851. The lowest BCUT2D eigenvalue weighted by molar-refractivity contribution is 0.888. The summed E-state index contributed by atoms with van der Waals surface area (Å²) in [6.07, 6.45) is 2.81. The highest BCUT2D eigenvalue weighted by molar-refractivity contribution is 9.10. The van der Waals surface area contributed by atoms with E-state index in [0.29, 0.717) is 0 Å². The van der Waals surface area contributed by atoms with E-state index in [-0.39, 0.29) is 0 Å². The summed E-state index contributed by atoms with van der Waals surface area (Å²) in [5, 5.41) is 3.48. The molecule has 2 rings (SSSR count). The standard InChI is InChI=1S/C11H14BrN/c1-8-6-10(12)4-5-11(8)13-7-9-2-3-9/h4-6,9,13H,2-3,7H2,1H3. The van der Waals surface area contributed by atoms with Crippen LogP contribution in [0, 0.1) is 12.8 Å². The van der Waals surface area contributed by atoms with Crippen LogP contribution in [0.1, 0.15) is 18.4 Å². The van der Waals surface area contributed by atoms with E-state index >= 15 is 0 Å². The molecule has 70 valence electrons. The van der Waals surface area contributed by atoms with Gasteiger partial charge in [0.25, 0.3) is 0 Å². The Labute approximate surface area is 87.7 Å². The maximum Gasteiger partial charge on any atom is 0.0370 e. The summed E-state index contributed by atoms with van der Waals surface area (Å²) in [5.74, 6) is 0.933. The fraction of sp³-hybridized carbons (Fsp3) is 0.455. The number of benzene rings is 1. The molecule has 13 heavy (non-hydrogen) atoms. The molecule has 0 aliphatic heterocycles. The molecule has 0 radical (unpaired) electrons. The van der Waals surface area contributed by atoms with Gasteiger partial charge in [-0.3, -0.25) is 0 Å². The van der Waals surface area contributed by atoms with Crippen LogP contribution in [0.25, 0.3) is 0 Å². The van der Waals surface area contributed by atoms with Crippen molar-refractivity contribution in [3.8, 4) is 0 Å². The summed E-state index contributed by atoms with van der Waals surface area (Å²) in [6.45, 7) is 3.28. The van der Waals surface area contributed by atoms with E-state index in [1.165, 1.54) is 24.1 Å². The van der Waals surface area contributed by atoms with Crippen molar-refractivity contribution < 1.29 is 0 Å². The van der Waals surface area contributed by atoms with Gasteiger partial charge in [-0.25, -0.2) is 0 Å². The average Bonchev–Trinajstić information content (AvgIpc) is 2.86. The molecule has 0 unspecified atom stereocenters. The molecule has 2 heteroatoms. The summed E-state index contributed by atoms with van der Waals surface area (Å²) in [5.41, 5.74) is 2.59. The van der Waals surface area contributed by atoms with Crippen molar-refractivity contribution in [3.05, 3.63) is 28.2 Å². The molecule has 0 amide bonds. The molecule has 0 atom stereocenters. The molecule has 1 aromatic rings. The van der Waals surface area contributed by atoms with Crippen molar-refractivity contribution in [1.29, 1.82) is 0 Å². The van der Waals surface area contributed by atoms with Crippen LogP contribution in [0.4, 0.5) is 5.69 Å². The molecule has 0 heterocycles. The van der Waals surface area contributed by atoms with Crippen LogP contribution in [-0.4, -0.2) is 6.54 Å². The third-order valence-corrected chi connectivity index (χ3v) is 2.96. The number of rotatable bonds is 3. The second kappa shape index (κ2) is 3.70. The van der Waals surface area contributed by atoms with Gasteiger partial charge >= 0.3 is 0 Å². The summed E-state index contributed by atoms with van der Waals surface area (Å²) in [6, 6.07) is 6.37. The highest BCUT2D eigenvalue weighted by Crippen LogP contribution is 2.29. The summed E-state index contributed by atoms with van der Waals surface area (Å²) in [7, 11) is 0. The molecule has 0 spiro atoms. The molecule has 0 bridgehead atoms. The Morgan fingerprint density at radius 1 is 1.46 bits per heavy atom. The first-order valence-electron chi connectivity index (χ1n) is 4.76. The van der Waals surface area contributed by atoms with E-state index in [1.807, 2.05) is 0 Å². The predicted octanol–water partition coefficient (Wildman–Crippen LogP) is 3.58. The van der Waals surface area contributed by atoms with Crippen LogP contribution < -0.4 is 5.32 Å². The maximum absolute atomic E-state index is 3.48. The normalized spacial score (nSPS) is 15.8. The zero-order valence-electron chi connectivity index (χ0n) is 7.81. The zero-order chi connectivity index (χ0) is 9.26. The van der Waals surface area contributed by atoms with Gasteiger partial charge in [-0.05, 0) is 49.4 Å². The Morgan fingerprint density at radius 2 is 2.23 bits per heavy atom. The fourth-order valence-electron chi connectivity index (χ4n) is 1.40. The zero-order valence-corrected chi connectivity index (χ0v) is 9.39. The van der Waals surface area contributed by atoms with Gasteiger partial charge in [0.1, 0.15) is 0 Å². The van der Waals surface area contributed by atoms with E-state index in [9.17, 15) is 0 Å². The molecular formula is C11H14BrN. The lowest BCUT2D eigenvalue weighted by Gasteiger charge is -2.08. The fourth-order valence-corrected chi connectivity index (χ4v) is 1.88. The van der Waals surface area contributed by atoms with Crippen LogP contribution in [0.15, 0.2) is 22.7 Å². The van der Waals surface area contributed by atoms with Gasteiger partial charge in [0, 0.05) is 16.7 Å². The molecule has 1 saturated carbocycles. The average molecular weight is 240 g/mol. The Hall–Kier alpha value is -0.500. The lowest BCUT2D eigenvalue weighted by atomic mass is 10.2. The second-order valence-electron chi connectivity index (χ2n) is 3.78. The minimum Gasteiger partial charge on any atom is -0.385 e. The molecule has 0 saturated heterocycles. The predicted molar refractivity (Wildman–Crippen MR) is 60.1 cm³/mol. The van der Waals surface area contributed by atoms with Crippen LogP contribution in [-0.2, 0) is 0 Å². The third-order valence-electron chi connectivity index (χ3n) is 2.47. The van der Waals surface area contributed by atoms with Crippen molar-refractivity contribution >= 4 is 21.6 Å². The van der Waals surface area contributed by atoms with Gasteiger partial charge in [-0.2, -0.15) is 0 Å². The molecule has 1 aliphatic rings. The monoisotopic (exact) mass is 239 g/mol. The van der Waals surface area contributed by atoms with Crippen molar-refractivity contribution in [3.63, 3.8) is 0 Å². The van der Waals surface area contributed by atoms with Crippen LogP contribution >= 0.6 is 15.9 Å². The third kappa shape index (κ3) is 2.47. The maximum atomic E-state index is 3.48. The number of hydrogen-bond donors (Lipinski definition) is 1. The van der Waals surface area contributed by atoms with Gasteiger partial charge in [0.2, 0.25) is 0 Å². The van der Waals surface area contributed by atoms with Crippen molar-refractivity contribution in [2.24, 2.45) is 5.92 Å². The van der Waals surface area contributed by atoms with Crippen molar-refractivity contribution in [2.75, 3.05) is 11.9 Å². The van der Waals surface area contributed by atoms with Crippen LogP contribution in [0.5, 0.6) is 0 Å². The van der Waals surface area contributed by atoms with E-state index in [2.05, 4.69) is 46.4 Å².